The molecule has 5 nitrogen and oxygen atoms in total. The standard InChI is InChI=1S/C21H27N3O2/c1-23-11-13-24(14-12-23)20(17-7-4-3-5-8-17)16-22-21(25)18-9-6-10-19(15-18)26-2/h3-10,15,20H,11-14,16H2,1-2H3,(H,22,25). The average molecular weight is 353 g/mol. The molecular weight excluding hydrogens is 326 g/mol. The molecule has 1 heterocycles. The van der Waals surface area contributed by atoms with E-state index in [0.29, 0.717) is 17.9 Å². The van der Waals surface area contributed by atoms with Crippen molar-refractivity contribution in [3.05, 3.63) is 65.7 Å². The van der Waals surface area contributed by atoms with Crippen LogP contribution in [0.15, 0.2) is 54.6 Å². The van der Waals surface area contributed by atoms with E-state index in [1.165, 1.54) is 5.56 Å². The van der Waals surface area contributed by atoms with Gasteiger partial charge in [-0.25, -0.2) is 0 Å². The van der Waals surface area contributed by atoms with Crippen LogP contribution in [0.1, 0.15) is 22.0 Å². The second-order valence-corrected chi connectivity index (χ2v) is 6.71. The van der Waals surface area contributed by atoms with Gasteiger partial charge in [0.25, 0.3) is 5.91 Å². The van der Waals surface area contributed by atoms with Crippen molar-refractivity contribution in [3.63, 3.8) is 0 Å². The summed E-state index contributed by atoms with van der Waals surface area (Å²) in [4.78, 5) is 17.4. The van der Waals surface area contributed by atoms with Crippen molar-refractivity contribution in [2.45, 2.75) is 6.04 Å². The Morgan fingerprint density at radius 2 is 1.81 bits per heavy atom. The fourth-order valence-electron chi connectivity index (χ4n) is 3.32. The largest absolute Gasteiger partial charge is 0.497 e. The number of nitrogens with one attached hydrogen (secondary N) is 1. The summed E-state index contributed by atoms with van der Waals surface area (Å²) >= 11 is 0. The van der Waals surface area contributed by atoms with Crippen LogP contribution >= 0.6 is 0 Å². The predicted octanol–water partition coefficient (Wildman–Crippen LogP) is 2.41. The van der Waals surface area contributed by atoms with Gasteiger partial charge in [0.05, 0.1) is 13.2 Å². The zero-order chi connectivity index (χ0) is 18.4. The van der Waals surface area contributed by atoms with Crippen LogP contribution in [0, 0.1) is 0 Å². The van der Waals surface area contributed by atoms with E-state index < -0.39 is 0 Å². The molecule has 26 heavy (non-hydrogen) atoms. The van der Waals surface area contributed by atoms with Gasteiger partial charge in [-0.2, -0.15) is 0 Å². The van der Waals surface area contributed by atoms with E-state index in [1.807, 2.05) is 24.3 Å². The van der Waals surface area contributed by atoms with E-state index in [1.54, 1.807) is 13.2 Å². The summed E-state index contributed by atoms with van der Waals surface area (Å²) in [6.45, 7) is 4.69. The van der Waals surface area contributed by atoms with Gasteiger partial charge in [-0.05, 0) is 30.8 Å². The fourth-order valence-corrected chi connectivity index (χ4v) is 3.32. The Labute approximate surface area is 155 Å². The first-order chi connectivity index (χ1) is 12.7. The van der Waals surface area contributed by atoms with Crippen LogP contribution in [0.2, 0.25) is 0 Å². The minimum absolute atomic E-state index is 0.0704. The number of methoxy groups -OCH3 is 1. The molecule has 0 aromatic heterocycles. The number of carbonyl (C=O) groups excluding carboxylic acids is 1. The molecule has 1 N–H and O–H groups in total. The highest BCUT2D eigenvalue weighted by Crippen LogP contribution is 2.21. The second-order valence-electron chi connectivity index (χ2n) is 6.71. The van der Waals surface area contributed by atoms with Crippen molar-refractivity contribution in [2.24, 2.45) is 0 Å². The van der Waals surface area contributed by atoms with E-state index in [2.05, 4.69) is 46.4 Å². The van der Waals surface area contributed by atoms with Gasteiger partial charge in [-0.1, -0.05) is 36.4 Å². The lowest BCUT2D eigenvalue weighted by Gasteiger charge is -2.38. The number of amides is 1. The third-order valence-corrected chi connectivity index (χ3v) is 4.95. The highest BCUT2D eigenvalue weighted by molar-refractivity contribution is 5.94. The minimum Gasteiger partial charge on any atom is -0.497 e. The molecule has 1 unspecified atom stereocenters. The zero-order valence-corrected chi connectivity index (χ0v) is 15.5. The van der Waals surface area contributed by atoms with Crippen LogP contribution < -0.4 is 10.1 Å². The van der Waals surface area contributed by atoms with E-state index in [4.69, 9.17) is 4.74 Å². The molecular formula is C21H27N3O2. The van der Waals surface area contributed by atoms with E-state index in [0.717, 1.165) is 26.2 Å². The van der Waals surface area contributed by atoms with Crippen molar-refractivity contribution in [1.82, 2.24) is 15.1 Å². The Kier molecular flexibility index (Phi) is 6.26. The maximum absolute atomic E-state index is 12.6. The average Bonchev–Trinajstić information content (AvgIpc) is 2.70. The van der Waals surface area contributed by atoms with E-state index >= 15 is 0 Å². The summed E-state index contributed by atoms with van der Waals surface area (Å²) in [7, 11) is 3.76. The molecule has 0 saturated carbocycles. The molecule has 1 atom stereocenters. The lowest BCUT2D eigenvalue weighted by Crippen LogP contribution is -2.48. The third-order valence-electron chi connectivity index (χ3n) is 4.95. The normalized spacial score (nSPS) is 16.8. The lowest BCUT2D eigenvalue weighted by molar-refractivity contribution is 0.0886. The molecule has 1 fully saturated rings. The van der Waals surface area contributed by atoms with Crippen molar-refractivity contribution < 1.29 is 9.53 Å². The van der Waals surface area contributed by atoms with E-state index in [9.17, 15) is 4.79 Å². The van der Waals surface area contributed by atoms with Gasteiger partial charge in [0.1, 0.15) is 5.75 Å². The lowest BCUT2D eigenvalue weighted by atomic mass is 10.0. The molecule has 0 aliphatic carbocycles. The summed E-state index contributed by atoms with van der Waals surface area (Å²) in [5, 5.41) is 3.11. The van der Waals surface area contributed by atoms with Gasteiger partial charge < -0.3 is 15.0 Å². The van der Waals surface area contributed by atoms with Crippen LogP contribution in [0.3, 0.4) is 0 Å². The number of benzene rings is 2. The van der Waals surface area contributed by atoms with Gasteiger partial charge in [0.15, 0.2) is 0 Å². The number of hydrogen-bond donors (Lipinski definition) is 1. The first kappa shape index (κ1) is 18.4. The van der Waals surface area contributed by atoms with Crippen LogP contribution in [0.5, 0.6) is 5.75 Å². The summed E-state index contributed by atoms with van der Waals surface area (Å²) in [6.07, 6.45) is 0. The van der Waals surface area contributed by atoms with Gasteiger partial charge >= 0.3 is 0 Å². The highest BCUT2D eigenvalue weighted by Gasteiger charge is 2.24. The third kappa shape index (κ3) is 4.62. The van der Waals surface area contributed by atoms with Gasteiger partial charge in [-0.15, -0.1) is 0 Å². The maximum atomic E-state index is 12.6. The van der Waals surface area contributed by atoms with Crippen molar-refractivity contribution in [1.29, 1.82) is 0 Å². The summed E-state index contributed by atoms with van der Waals surface area (Å²) < 4.78 is 5.21. The van der Waals surface area contributed by atoms with Crippen molar-refractivity contribution >= 4 is 5.91 Å². The molecule has 1 aliphatic heterocycles. The topological polar surface area (TPSA) is 44.8 Å². The Morgan fingerprint density at radius 1 is 1.08 bits per heavy atom. The number of piperazine rings is 1. The molecule has 138 valence electrons. The summed E-state index contributed by atoms with van der Waals surface area (Å²) in [5.74, 6) is 0.621. The SMILES string of the molecule is COc1cccc(C(=O)NCC(c2ccccc2)N2CCN(C)CC2)c1. The Bertz CT molecular complexity index is 712. The molecule has 1 amide bonds. The molecule has 1 aliphatic rings. The molecule has 2 aromatic carbocycles. The molecule has 0 spiro atoms. The first-order valence-electron chi connectivity index (χ1n) is 9.07. The monoisotopic (exact) mass is 353 g/mol. The molecule has 5 heteroatoms. The second kappa shape index (κ2) is 8.83. The number of carbonyl (C=O) groups is 1. The Hall–Kier alpha value is -2.37. The summed E-state index contributed by atoms with van der Waals surface area (Å²) in [5.41, 5.74) is 1.86. The van der Waals surface area contributed by atoms with Crippen LogP contribution in [-0.4, -0.2) is 62.6 Å². The van der Waals surface area contributed by atoms with Gasteiger partial charge in [0, 0.05) is 38.3 Å². The van der Waals surface area contributed by atoms with Gasteiger partial charge in [-0.3, -0.25) is 9.69 Å². The van der Waals surface area contributed by atoms with Crippen LogP contribution in [0.4, 0.5) is 0 Å². The number of rotatable bonds is 6. The molecule has 3 rings (SSSR count). The number of nitrogens with zero attached hydrogens (tertiary/aromatic N) is 2. The highest BCUT2D eigenvalue weighted by atomic mass is 16.5. The van der Waals surface area contributed by atoms with Crippen molar-refractivity contribution in [3.8, 4) is 5.75 Å². The Balaban J connectivity index is 1.70. The van der Waals surface area contributed by atoms with Crippen LogP contribution in [-0.2, 0) is 0 Å². The van der Waals surface area contributed by atoms with Crippen LogP contribution in [0.25, 0.3) is 0 Å². The van der Waals surface area contributed by atoms with E-state index in [-0.39, 0.29) is 11.9 Å². The fraction of sp³-hybridized carbons (Fsp3) is 0.381. The van der Waals surface area contributed by atoms with Gasteiger partial charge in [0.2, 0.25) is 0 Å². The molecule has 2 aromatic rings. The number of likely N-dealkylation sites (N-methyl/N-ethyl adjacent to an activating group) is 1. The molecule has 0 bridgehead atoms. The zero-order valence-electron chi connectivity index (χ0n) is 15.5. The molecule has 1 saturated heterocycles. The Morgan fingerprint density at radius 3 is 2.50 bits per heavy atom. The predicted molar refractivity (Wildman–Crippen MR) is 104 cm³/mol. The van der Waals surface area contributed by atoms with Crippen molar-refractivity contribution in [2.75, 3.05) is 46.9 Å². The minimum atomic E-state index is -0.0704. The smallest absolute Gasteiger partial charge is 0.251 e. The maximum Gasteiger partial charge on any atom is 0.251 e. The number of ether oxygens (including phenoxy) is 1. The quantitative estimate of drug-likeness (QED) is 0.866. The number of hydrogen-bond acceptors (Lipinski definition) is 4. The first-order valence-corrected chi connectivity index (χ1v) is 9.07. The summed E-state index contributed by atoms with van der Waals surface area (Å²) in [6, 6.07) is 17.9. The molecule has 0 radical (unpaired) electrons.